The van der Waals surface area contributed by atoms with Gasteiger partial charge in [-0.1, -0.05) is 41.9 Å². The molecule has 2 N–H and O–H groups in total. The molecule has 0 aliphatic carbocycles. The molecule has 0 bridgehead atoms. The van der Waals surface area contributed by atoms with E-state index >= 15 is 0 Å². The number of aliphatic hydroxyl groups is 2. The number of likely N-dealkylation sites (tertiary alicyclic amines) is 1. The van der Waals surface area contributed by atoms with E-state index in [1.165, 1.54) is 5.56 Å². The van der Waals surface area contributed by atoms with Crippen LogP contribution >= 0.6 is 23.2 Å². The first-order valence-corrected chi connectivity index (χ1v) is 12.5. The molecule has 1 aliphatic rings. The molecular formula is C26H29Cl2N3O5. The molecule has 1 saturated heterocycles. The molecule has 0 saturated carbocycles. The molecule has 1 aromatic carbocycles. The molecule has 1 fully saturated rings. The van der Waals surface area contributed by atoms with Crippen LogP contribution in [-0.2, 0) is 11.3 Å². The van der Waals surface area contributed by atoms with Gasteiger partial charge >= 0.3 is 0 Å². The van der Waals surface area contributed by atoms with E-state index in [1.54, 1.807) is 12.1 Å². The summed E-state index contributed by atoms with van der Waals surface area (Å²) in [4.78, 5) is 2.24. The van der Waals surface area contributed by atoms with Gasteiger partial charge in [-0.3, -0.25) is 0 Å². The number of nitrogens with zero attached hydrogens (tertiary/aromatic N) is 3. The minimum atomic E-state index is -0.672. The number of allylic oxidation sites excluding steroid dienone is 1. The molecule has 192 valence electrons. The molecule has 4 rings (SSSR count). The number of β-amino-alcohol motifs (C(OH)–C–C–N with tert-alkyl or cyclic N) is 1. The second-order valence-corrected chi connectivity index (χ2v) is 9.50. The Morgan fingerprint density at radius 2 is 2.00 bits per heavy atom. The van der Waals surface area contributed by atoms with Gasteiger partial charge in [-0.25, -0.2) is 0 Å². The topological polar surface area (TPSA) is 105 Å². The number of aromatic nitrogens is 2. The molecule has 10 heteroatoms. The number of hydrogen-bond donors (Lipinski definition) is 2. The van der Waals surface area contributed by atoms with Gasteiger partial charge in [0.25, 0.3) is 5.89 Å². The van der Waals surface area contributed by atoms with Crippen LogP contribution in [0.25, 0.3) is 24.0 Å². The molecular weight excluding hydrogens is 505 g/mol. The van der Waals surface area contributed by atoms with E-state index in [0.717, 1.165) is 25.9 Å². The first-order chi connectivity index (χ1) is 17.4. The summed E-state index contributed by atoms with van der Waals surface area (Å²) in [5, 5.41) is 29.2. The normalized spacial score (nSPS) is 17.0. The Hall–Kier alpha value is -2.62. The Kier molecular flexibility index (Phi) is 8.87. The Morgan fingerprint density at radius 3 is 2.67 bits per heavy atom. The number of halogens is 2. The van der Waals surface area contributed by atoms with E-state index in [4.69, 9.17) is 41.9 Å². The van der Waals surface area contributed by atoms with Crippen molar-refractivity contribution in [1.29, 1.82) is 0 Å². The number of rotatable bonds is 9. The molecule has 3 aromatic rings. The first kappa shape index (κ1) is 26.4. The van der Waals surface area contributed by atoms with Crippen LogP contribution in [0.15, 0.2) is 45.3 Å². The van der Waals surface area contributed by atoms with Crippen molar-refractivity contribution >= 4 is 35.5 Å². The minimum Gasteiger partial charge on any atom is -0.490 e. The van der Waals surface area contributed by atoms with Crippen molar-refractivity contribution in [3.05, 3.63) is 68.6 Å². The maximum absolute atomic E-state index is 10.7. The van der Waals surface area contributed by atoms with E-state index in [2.05, 4.69) is 21.7 Å². The zero-order chi connectivity index (χ0) is 25.7. The maximum atomic E-state index is 10.7. The number of furan rings is 1. The number of benzene rings is 1. The van der Waals surface area contributed by atoms with Crippen LogP contribution in [-0.4, -0.2) is 57.7 Å². The maximum Gasteiger partial charge on any atom is 0.283 e. The van der Waals surface area contributed by atoms with Crippen molar-refractivity contribution in [3.8, 4) is 11.7 Å². The van der Waals surface area contributed by atoms with Gasteiger partial charge in [0.15, 0.2) is 5.76 Å². The van der Waals surface area contributed by atoms with Crippen LogP contribution in [0.2, 0.25) is 10.0 Å². The van der Waals surface area contributed by atoms with E-state index in [9.17, 15) is 5.11 Å². The highest BCUT2D eigenvalue weighted by atomic mass is 35.5. The van der Waals surface area contributed by atoms with Crippen LogP contribution in [0.1, 0.15) is 37.1 Å². The smallest absolute Gasteiger partial charge is 0.283 e. The molecule has 3 heterocycles. The standard InChI is InChI=1S/C26H29Cl2N3O5/c1-3-4-23(20-12-24(35-16(20)2)26-30-29-25(14-32)36-26)34-15-19(33)13-31-9-7-17(8-10-31)18-5-6-21(27)22(28)11-18/h3-6,11-12,17,19,32-33H,2,7-10,13-15H2,1H3/b4-3-,23-20+/t19-/m0/s1. The third kappa shape index (κ3) is 6.38. The zero-order valence-electron chi connectivity index (χ0n) is 20.0. The monoisotopic (exact) mass is 533 g/mol. The van der Waals surface area contributed by atoms with Crippen LogP contribution in [0, 0.1) is 0 Å². The third-order valence-electron chi connectivity index (χ3n) is 6.11. The Morgan fingerprint density at radius 1 is 1.22 bits per heavy atom. The molecule has 0 spiro atoms. The highest BCUT2D eigenvalue weighted by Crippen LogP contribution is 2.32. The van der Waals surface area contributed by atoms with Crippen LogP contribution < -0.4 is 10.6 Å². The fourth-order valence-electron chi connectivity index (χ4n) is 4.28. The Bertz CT molecular complexity index is 1310. The lowest BCUT2D eigenvalue weighted by molar-refractivity contribution is 0.0507. The van der Waals surface area contributed by atoms with Crippen molar-refractivity contribution in [2.24, 2.45) is 0 Å². The van der Waals surface area contributed by atoms with Crippen molar-refractivity contribution in [2.45, 2.75) is 38.4 Å². The Balaban J connectivity index is 1.35. The molecule has 1 atom stereocenters. The van der Waals surface area contributed by atoms with E-state index in [-0.39, 0.29) is 25.0 Å². The summed E-state index contributed by atoms with van der Waals surface area (Å²) in [7, 11) is 0. The summed E-state index contributed by atoms with van der Waals surface area (Å²) >= 11 is 12.2. The van der Waals surface area contributed by atoms with Gasteiger partial charge in [0.1, 0.15) is 30.5 Å². The predicted molar refractivity (Wildman–Crippen MR) is 138 cm³/mol. The first-order valence-electron chi connectivity index (χ1n) is 11.8. The van der Waals surface area contributed by atoms with Crippen LogP contribution in [0.5, 0.6) is 0 Å². The average Bonchev–Trinajstić information content (AvgIpc) is 3.51. The van der Waals surface area contributed by atoms with Gasteiger partial charge in [0.05, 0.1) is 15.3 Å². The van der Waals surface area contributed by atoms with Gasteiger partial charge < -0.3 is 28.7 Å². The quantitative estimate of drug-likeness (QED) is 0.430. The largest absolute Gasteiger partial charge is 0.490 e. The second-order valence-electron chi connectivity index (χ2n) is 8.68. The van der Waals surface area contributed by atoms with Crippen molar-refractivity contribution in [2.75, 3.05) is 26.2 Å². The lowest BCUT2D eigenvalue weighted by atomic mass is 9.89. The van der Waals surface area contributed by atoms with Gasteiger partial charge in [0, 0.05) is 12.6 Å². The summed E-state index contributed by atoms with van der Waals surface area (Å²) in [6.45, 7) is 7.82. The second kappa shape index (κ2) is 12.1. The van der Waals surface area contributed by atoms with Crippen molar-refractivity contribution < 1.29 is 23.8 Å². The predicted octanol–water partition coefficient (Wildman–Crippen LogP) is 3.48. The minimum absolute atomic E-state index is 0.0894. The molecule has 0 radical (unpaired) electrons. The van der Waals surface area contributed by atoms with Gasteiger partial charge in [-0.2, -0.15) is 0 Å². The summed E-state index contributed by atoms with van der Waals surface area (Å²) in [5.74, 6) is 1.48. The number of ether oxygens (including phenoxy) is 1. The SMILES string of the molecule is C=c1oc(-c2nnc(CO)o2)c/c1=C(/C=C\C)OC[C@@H](O)CN1CCC(c2ccc(Cl)c(Cl)c2)CC1. The lowest BCUT2D eigenvalue weighted by Crippen LogP contribution is -2.40. The van der Waals surface area contributed by atoms with E-state index < -0.39 is 6.10 Å². The zero-order valence-corrected chi connectivity index (χ0v) is 21.5. The average molecular weight is 534 g/mol. The highest BCUT2D eigenvalue weighted by molar-refractivity contribution is 6.42. The van der Waals surface area contributed by atoms with Crippen LogP contribution in [0.3, 0.4) is 0 Å². The van der Waals surface area contributed by atoms with E-state index in [1.807, 2.05) is 31.2 Å². The van der Waals surface area contributed by atoms with Crippen molar-refractivity contribution in [1.82, 2.24) is 15.1 Å². The molecule has 36 heavy (non-hydrogen) atoms. The fraction of sp³-hybridized carbons (Fsp3) is 0.385. The van der Waals surface area contributed by atoms with Gasteiger partial charge in [-0.15, -0.1) is 10.2 Å². The summed E-state index contributed by atoms with van der Waals surface area (Å²) in [6.07, 6.45) is 4.91. The van der Waals surface area contributed by atoms with Crippen molar-refractivity contribution in [3.63, 3.8) is 0 Å². The fourth-order valence-corrected chi connectivity index (χ4v) is 4.59. The number of aliphatic hydroxyl groups excluding tert-OH is 2. The van der Waals surface area contributed by atoms with Gasteiger partial charge in [-0.05, 0) is 62.5 Å². The van der Waals surface area contributed by atoms with E-state index in [0.29, 0.717) is 44.7 Å². The third-order valence-corrected chi connectivity index (χ3v) is 6.85. The highest BCUT2D eigenvalue weighted by Gasteiger charge is 2.23. The molecule has 0 unspecified atom stereocenters. The lowest BCUT2D eigenvalue weighted by Gasteiger charge is -2.33. The molecule has 2 aromatic heterocycles. The molecule has 1 aliphatic heterocycles. The molecule has 8 nitrogen and oxygen atoms in total. The molecule has 0 amide bonds. The number of hydrogen-bond acceptors (Lipinski definition) is 8. The summed E-state index contributed by atoms with van der Waals surface area (Å²) < 4.78 is 17.0. The van der Waals surface area contributed by atoms with Gasteiger partial charge in [0.2, 0.25) is 5.89 Å². The number of piperidine rings is 1. The van der Waals surface area contributed by atoms with Crippen LogP contribution in [0.4, 0.5) is 0 Å². The summed E-state index contributed by atoms with van der Waals surface area (Å²) in [5.41, 5.74) is 1.57. The Labute approximate surface area is 219 Å². The summed E-state index contributed by atoms with van der Waals surface area (Å²) in [6, 6.07) is 7.53.